The molecule has 0 aliphatic heterocycles. The molecule has 0 atom stereocenters. The molecular weight excluding hydrogens is 346 g/mol. The van der Waals surface area contributed by atoms with E-state index in [1.165, 1.54) is 11.8 Å². The van der Waals surface area contributed by atoms with Crippen LogP contribution >= 0.6 is 11.8 Å². The van der Waals surface area contributed by atoms with Gasteiger partial charge in [0.25, 0.3) is 0 Å². The number of pyridine rings is 1. The van der Waals surface area contributed by atoms with Crippen molar-refractivity contribution >= 4 is 45.9 Å². The van der Waals surface area contributed by atoms with Crippen molar-refractivity contribution in [2.45, 2.75) is 6.92 Å². The Morgan fingerprint density at radius 2 is 1.58 bits per heavy atom. The lowest BCUT2D eigenvalue weighted by molar-refractivity contribution is -0.114. The molecule has 3 rings (SSSR count). The highest BCUT2D eigenvalue weighted by Crippen LogP contribution is 2.16. The molecule has 0 aliphatic carbocycles. The number of carbonyl (C=O) groups excluding carboxylic acids is 2. The van der Waals surface area contributed by atoms with E-state index >= 15 is 0 Å². The standard InChI is InChI=1S/C20H19N3O2S/c1-14-6-8-16(9-7-14)22-19(24)12-26-13-20(25)23-17-10-15-4-2-3-5-18(15)21-11-17/h2-11H,12-13H2,1H3,(H,22,24)(H,23,25). The smallest absolute Gasteiger partial charge is 0.234 e. The van der Waals surface area contributed by atoms with Crippen molar-refractivity contribution in [3.8, 4) is 0 Å². The third-order valence-electron chi connectivity index (χ3n) is 3.68. The van der Waals surface area contributed by atoms with Gasteiger partial charge in [-0.25, -0.2) is 0 Å². The average molecular weight is 365 g/mol. The monoisotopic (exact) mass is 365 g/mol. The molecule has 0 radical (unpaired) electrons. The van der Waals surface area contributed by atoms with Crippen molar-refractivity contribution in [1.29, 1.82) is 0 Å². The number of carbonyl (C=O) groups is 2. The van der Waals surface area contributed by atoms with Gasteiger partial charge in [-0.3, -0.25) is 14.6 Å². The molecule has 26 heavy (non-hydrogen) atoms. The zero-order valence-electron chi connectivity index (χ0n) is 14.4. The van der Waals surface area contributed by atoms with Crippen LogP contribution in [-0.4, -0.2) is 28.3 Å². The highest BCUT2D eigenvalue weighted by Gasteiger charge is 2.07. The summed E-state index contributed by atoms with van der Waals surface area (Å²) < 4.78 is 0. The molecule has 132 valence electrons. The van der Waals surface area contributed by atoms with E-state index in [4.69, 9.17) is 0 Å². The Morgan fingerprint density at radius 3 is 2.31 bits per heavy atom. The fourth-order valence-corrected chi connectivity index (χ4v) is 3.02. The van der Waals surface area contributed by atoms with E-state index in [0.717, 1.165) is 22.2 Å². The van der Waals surface area contributed by atoms with E-state index in [1.807, 2.05) is 61.5 Å². The first kappa shape index (κ1) is 17.9. The van der Waals surface area contributed by atoms with Gasteiger partial charge in [-0.15, -0.1) is 11.8 Å². The first-order valence-corrected chi connectivity index (χ1v) is 9.34. The van der Waals surface area contributed by atoms with Crippen LogP contribution < -0.4 is 10.6 Å². The minimum absolute atomic E-state index is 0.126. The Bertz CT molecular complexity index is 926. The maximum Gasteiger partial charge on any atom is 0.234 e. The predicted molar refractivity (Wildman–Crippen MR) is 108 cm³/mol. The summed E-state index contributed by atoms with van der Waals surface area (Å²) in [7, 11) is 0. The number of thioether (sulfide) groups is 1. The Morgan fingerprint density at radius 1 is 0.923 bits per heavy atom. The fourth-order valence-electron chi connectivity index (χ4n) is 2.41. The molecule has 0 fully saturated rings. The summed E-state index contributed by atoms with van der Waals surface area (Å²) in [6.07, 6.45) is 1.63. The lowest BCUT2D eigenvalue weighted by Gasteiger charge is -2.07. The number of aromatic nitrogens is 1. The minimum atomic E-state index is -0.157. The highest BCUT2D eigenvalue weighted by atomic mass is 32.2. The SMILES string of the molecule is Cc1ccc(NC(=O)CSCC(=O)Nc2cnc3ccccc3c2)cc1. The van der Waals surface area contributed by atoms with Gasteiger partial charge in [0.1, 0.15) is 0 Å². The van der Waals surface area contributed by atoms with Gasteiger partial charge in [-0.1, -0.05) is 35.9 Å². The van der Waals surface area contributed by atoms with Gasteiger partial charge in [-0.05, 0) is 31.2 Å². The molecule has 1 aromatic heterocycles. The topological polar surface area (TPSA) is 71.1 Å². The Balaban J connectivity index is 1.44. The maximum absolute atomic E-state index is 12.0. The van der Waals surface area contributed by atoms with Crippen LogP contribution in [-0.2, 0) is 9.59 Å². The van der Waals surface area contributed by atoms with Crippen LogP contribution in [0.4, 0.5) is 11.4 Å². The Hall–Kier alpha value is -2.86. The lowest BCUT2D eigenvalue weighted by atomic mass is 10.2. The van der Waals surface area contributed by atoms with E-state index < -0.39 is 0 Å². The summed E-state index contributed by atoms with van der Waals surface area (Å²) in [5.41, 5.74) is 3.43. The van der Waals surface area contributed by atoms with Gasteiger partial charge >= 0.3 is 0 Å². The number of amides is 2. The summed E-state index contributed by atoms with van der Waals surface area (Å²) in [4.78, 5) is 28.3. The van der Waals surface area contributed by atoms with Gasteiger partial charge in [0, 0.05) is 11.1 Å². The normalized spacial score (nSPS) is 10.5. The largest absolute Gasteiger partial charge is 0.325 e. The zero-order chi connectivity index (χ0) is 18.4. The summed E-state index contributed by atoms with van der Waals surface area (Å²) in [5.74, 6) is 0.139. The van der Waals surface area contributed by atoms with Crippen molar-refractivity contribution < 1.29 is 9.59 Å². The summed E-state index contributed by atoms with van der Waals surface area (Å²) >= 11 is 1.27. The van der Waals surface area contributed by atoms with Crippen molar-refractivity contribution in [2.24, 2.45) is 0 Å². The molecule has 6 heteroatoms. The molecule has 3 aromatic rings. The number of anilines is 2. The second kappa shape index (κ2) is 8.49. The number of benzene rings is 2. The number of para-hydroxylation sites is 1. The van der Waals surface area contributed by atoms with Gasteiger partial charge in [0.2, 0.25) is 11.8 Å². The van der Waals surface area contributed by atoms with Crippen LogP contribution in [0.5, 0.6) is 0 Å². The van der Waals surface area contributed by atoms with Gasteiger partial charge < -0.3 is 10.6 Å². The number of nitrogens with one attached hydrogen (secondary N) is 2. The van der Waals surface area contributed by atoms with Crippen LogP contribution in [0.3, 0.4) is 0 Å². The van der Waals surface area contributed by atoms with E-state index in [0.29, 0.717) is 5.69 Å². The van der Waals surface area contributed by atoms with Gasteiger partial charge in [0.05, 0.1) is 28.9 Å². The molecule has 1 heterocycles. The quantitative estimate of drug-likeness (QED) is 0.696. The van der Waals surface area contributed by atoms with Crippen LogP contribution in [0, 0.1) is 6.92 Å². The predicted octanol–water partition coefficient (Wildman–Crippen LogP) is 3.85. The number of nitrogens with zero attached hydrogens (tertiary/aromatic N) is 1. The number of rotatable bonds is 6. The number of fused-ring (bicyclic) bond motifs is 1. The number of aryl methyl sites for hydroxylation is 1. The van der Waals surface area contributed by atoms with Crippen molar-refractivity contribution in [2.75, 3.05) is 22.1 Å². The van der Waals surface area contributed by atoms with Crippen molar-refractivity contribution in [1.82, 2.24) is 4.98 Å². The van der Waals surface area contributed by atoms with E-state index in [9.17, 15) is 9.59 Å². The third-order valence-corrected chi connectivity index (χ3v) is 4.61. The first-order valence-electron chi connectivity index (χ1n) is 8.19. The van der Waals surface area contributed by atoms with Crippen LogP contribution in [0.1, 0.15) is 5.56 Å². The van der Waals surface area contributed by atoms with Crippen LogP contribution in [0.15, 0.2) is 60.8 Å². The number of hydrogen-bond donors (Lipinski definition) is 2. The van der Waals surface area contributed by atoms with Crippen molar-refractivity contribution in [3.63, 3.8) is 0 Å². The second-order valence-electron chi connectivity index (χ2n) is 5.87. The Labute approximate surface area is 156 Å². The lowest BCUT2D eigenvalue weighted by Crippen LogP contribution is -2.18. The molecule has 2 N–H and O–H groups in total. The molecule has 0 saturated carbocycles. The summed E-state index contributed by atoms with van der Waals surface area (Å²) in [5, 5.41) is 6.59. The first-order chi connectivity index (χ1) is 12.6. The van der Waals surface area contributed by atoms with Crippen molar-refractivity contribution in [3.05, 3.63) is 66.4 Å². The fraction of sp³-hybridized carbons (Fsp3) is 0.150. The molecule has 0 saturated heterocycles. The molecule has 0 unspecified atom stereocenters. The third kappa shape index (κ3) is 5.07. The molecular formula is C20H19N3O2S. The summed E-state index contributed by atoms with van der Waals surface area (Å²) in [6.45, 7) is 1.99. The number of hydrogen-bond acceptors (Lipinski definition) is 4. The molecule has 2 aromatic carbocycles. The molecule has 0 spiro atoms. The second-order valence-corrected chi connectivity index (χ2v) is 6.86. The Kier molecular flexibility index (Phi) is 5.86. The maximum atomic E-state index is 12.0. The zero-order valence-corrected chi connectivity index (χ0v) is 15.2. The van der Waals surface area contributed by atoms with E-state index in [-0.39, 0.29) is 23.3 Å². The molecule has 2 amide bonds. The molecule has 0 bridgehead atoms. The van der Waals surface area contributed by atoms with E-state index in [1.54, 1.807) is 6.20 Å². The van der Waals surface area contributed by atoms with E-state index in [2.05, 4.69) is 15.6 Å². The van der Waals surface area contributed by atoms with Gasteiger partial charge in [0.15, 0.2) is 0 Å². The van der Waals surface area contributed by atoms with Crippen LogP contribution in [0.2, 0.25) is 0 Å². The highest BCUT2D eigenvalue weighted by molar-refractivity contribution is 8.00. The molecule has 0 aliphatic rings. The average Bonchev–Trinajstić information content (AvgIpc) is 2.63. The van der Waals surface area contributed by atoms with Gasteiger partial charge in [-0.2, -0.15) is 0 Å². The molecule has 5 nitrogen and oxygen atoms in total. The minimum Gasteiger partial charge on any atom is -0.325 e. The summed E-state index contributed by atoms with van der Waals surface area (Å²) in [6, 6.07) is 17.2. The van der Waals surface area contributed by atoms with Crippen LogP contribution in [0.25, 0.3) is 10.9 Å².